The standard InChI is InChI=1S/C64H45N/c1-5-20-45(21-6-1)40-50(47-23-7-2-8-24-47)42-46-22-19-25-48(41-46)54-30-13-14-31-55(54)49-36-38-58-57-33-16-18-35-62(57)65(63(58)43-49)53-37-39-61-59(44-53)56-32-15-17-34-60(56)64(61,51-26-9-3-10-27-51)52-28-11-4-12-29-52/h1-41,43-44H,42H2/b50-40-. The smallest absolute Gasteiger partial charge is 0.0713 e. The van der Waals surface area contributed by atoms with E-state index in [0.29, 0.717) is 0 Å². The molecule has 12 rings (SSSR count). The topological polar surface area (TPSA) is 4.93 Å². The van der Waals surface area contributed by atoms with E-state index in [-0.39, 0.29) is 0 Å². The number of benzene rings is 10. The molecule has 1 heteroatoms. The first kappa shape index (κ1) is 38.4. The van der Waals surface area contributed by atoms with Gasteiger partial charge in [0, 0.05) is 16.5 Å². The third-order valence-corrected chi connectivity index (χ3v) is 13.5. The molecule has 0 bridgehead atoms. The Hall–Kier alpha value is -8.26. The maximum Gasteiger partial charge on any atom is 0.0713 e. The molecule has 0 N–H and O–H groups in total. The fourth-order valence-electron chi connectivity index (χ4n) is 10.7. The van der Waals surface area contributed by atoms with Crippen molar-refractivity contribution in [1.29, 1.82) is 0 Å². The summed E-state index contributed by atoms with van der Waals surface area (Å²) in [7, 11) is 0. The van der Waals surface area contributed by atoms with Gasteiger partial charge < -0.3 is 4.57 Å². The lowest BCUT2D eigenvalue weighted by molar-refractivity contribution is 0.768. The van der Waals surface area contributed by atoms with Crippen LogP contribution >= 0.6 is 0 Å². The van der Waals surface area contributed by atoms with Crippen LogP contribution < -0.4 is 0 Å². The van der Waals surface area contributed by atoms with Crippen molar-refractivity contribution >= 4 is 33.5 Å². The van der Waals surface area contributed by atoms with Crippen LogP contribution in [0.1, 0.15) is 38.9 Å². The van der Waals surface area contributed by atoms with E-state index in [1.165, 1.54) is 99.7 Å². The number of aromatic nitrogens is 1. The predicted octanol–water partition coefficient (Wildman–Crippen LogP) is 16.3. The van der Waals surface area contributed by atoms with Gasteiger partial charge in [-0.25, -0.2) is 0 Å². The van der Waals surface area contributed by atoms with Crippen LogP contribution in [-0.4, -0.2) is 4.57 Å². The highest BCUT2D eigenvalue weighted by atomic mass is 15.0. The molecule has 11 aromatic rings. The quantitative estimate of drug-likeness (QED) is 0.128. The highest BCUT2D eigenvalue weighted by Crippen LogP contribution is 2.56. The zero-order valence-electron chi connectivity index (χ0n) is 36.0. The van der Waals surface area contributed by atoms with Gasteiger partial charge in [-0.2, -0.15) is 0 Å². The number of fused-ring (bicyclic) bond motifs is 6. The number of rotatable bonds is 9. The summed E-state index contributed by atoms with van der Waals surface area (Å²) in [5.74, 6) is 0. The van der Waals surface area contributed by atoms with Crippen molar-refractivity contribution in [2.75, 3.05) is 0 Å². The molecule has 0 amide bonds. The van der Waals surface area contributed by atoms with E-state index in [9.17, 15) is 0 Å². The van der Waals surface area contributed by atoms with Gasteiger partial charge in [-0.05, 0) is 109 Å². The molecular weight excluding hydrogens is 783 g/mol. The summed E-state index contributed by atoms with van der Waals surface area (Å²) < 4.78 is 2.48. The Balaban J connectivity index is 0.989. The molecule has 1 aliphatic rings. The third-order valence-electron chi connectivity index (χ3n) is 13.5. The highest BCUT2D eigenvalue weighted by Gasteiger charge is 2.46. The summed E-state index contributed by atoms with van der Waals surface area (Å²) >= 11 is 0. The molecule has 1 aliphatic carbocycles. The molecular formula is C64H45N. The Morgan fingerprint density at radius 1 is 0.385 bits per heavy atom. The summed E-state index contributed by atoms with van der Waals surface area (Å²) in [6, 6.07) is 93.6. The van der Waals surface area contributed by atoms with Crippen molar-refractivity contribution in [2.24, 2.45) is 0 Å². The maximum absolute atomic E-state index is 2.48. The van der Waals surface area contributed by atoms with Crippen LogP contribution in [-0.2, 0) is 11.8 Å². The lowest BCUT2D eigenvalue weighted by Crippen LogP contribution is -2.28. The molecule has 1 nitrogen and oxygen atoms in total. The summed E-state index contributed by atoms with van der Waals surface area (Å²) in [5, 5.41) is 2.49. The van der Waals surface area contributed by atoms with Gasteiger partial charge in [-0.1, -0.05) is 237 Å². The molecule has 306 valence electrons. The second-order valence-corrected chi connectivity index (χ2v) is 17.2. The number of allylic oxidation sites excluding steroid dienone is 1. The van der Waals surface area contributed by atoms with Crippen LogP contribution in [0.4, 0.5) is 0 Å². The van der Waals surface area contributed by atoms with E-state index < -0.39 is 5.41 Å². The SMILES string of the molecule is C(=C(\Cc1cccc(-c2ccccc2-c2ccc3c4ccccc4n(-c4ccc5c(c4)-c4ccccc4C5(c4ccccc4)c4ccccc4)c3c2)c1)c1ccccc1)/c1ccccc1. The van der Waals surface area contributed by atoms with Gasteiger partial charge in [0.2, 0.25) is 0 Å². The Kier molecular flexibility index (Phi) is 9.54. The molecule has 0 spiro atoms. The van der Waals surface area contributed by atoms with Crippen LogP contribution in [0.25, 0.3) is 72.5 Å². The van der Waals surface area contributed by atoms with Crippen molar-refractivity contribution < 1.29 is 0 Å². The van der Waals surface area contributed by atoms with Crippen LogP contribution in [0.3, 0.4) is 0 Å². The third kappa shape index (κ3) is 6.55. The highest BCUT2D eigenvalue weighted by molar-refractivity contribution is 6.10. The second-order valence-electron chi connectivity index (χ2n) is 17.2. The molecule has 0 saturated carbocycles. The van der Waals surface area contributed by atoms with E-state index in [1.54, 1.807) is 0 Å². The Morgan fingerprint density at radius 2 is 0.954 bits per heavy atom. The molecule has 65 heavy (non-hydrogen) atoms. The lowest BCUT2D eigenvalue weighted by atomic mass is 9.68. The Bertz CT molecular complexity index is 3500. The van der Waals surface area contributed by atoms with E-state index in [1.807, 2.05) is 0 Å². The summed E-state index contributed by atoms with van der Waals surface area (Å²) in [6.07, 6.45) is 3.15. The minimum Gasteiger partial charge on any atom is -0.309 e. The second kappa shape index (κ2) is 16.1. The van der Waals surface area contributed by atoms with Gasteiger partial charge in [0.1, 0.15) is 0 Å². The Morgan fingerprint density at radius 3 is 1.68 bits per heavy atom. The summed E-state index contributed by atoms with van der Waals surface area (Å²) in [5.41, 5.74) is 20.7. The van der Waals surface area contributed by atoms with Crippen molar-refractivity contribution in [3.05, 3.63) is 294 Å². The molecule has 0 radical (unpaired) electrons. The van der Waals surface area contributed by atoms with E-state index in [0.717, 1.165) is 12.1 Å². The van der Waals surface area contributed by atoms with Crippen molar-refractivity contribution in [3.8, 4) is 39.1 Å². The average Bonchev–Trinajstić information content (AvgIpc) is 3.87. The summed E-state index contributed by atoms with van der Waals surface area (Å²) in [4.78, 5) is 0. The first-order valence-electron chi connectivity index (χ1n) is 22.6. The average molecular weight is 828 g/mol. The zero-order chi connectivity index (χ0) is 43.2. The van der Waals surface area contributed by atoms with Gasteiger partial charge in [0.15, 0.2) is 0 Å². The van der Waals surface area contributed by atoms with Gasteiger partial charge >= 0.3 is 0 Å². The normalized spacial score (nSPS) is 12.9. The first-order chi connectivity index (χ1) is 32.2. The molecule has 0 saturated heterocycles. The van der Waals surface area contributed by atoms with Gasteiger partial charge in [0.25, 0.3) is 0 Å². The number of hydrogen-bond acceptors (Lipinski definition) is 0. The largest absolute Gasteiger partial charge is 0.309 e. The van der Waals surface area contributed by atoms with Crippen LogP contribution in [0, 0.1) is 0 Å². The molecule has 0 atom stereocenters. The van der Waals surface area contributed by atoms with Gasteiger partial charge in [0.05, 0.1) is 16.4 Å². The van der Waals surface area contributed by atoms with E-state index >= 15 is 0 Å². The summed E-state index contributed by atoms with van der Waals surface area (Å²) in [6.45, 7) is 0. The van der Waals surface area contributed by atoms with Gasteiger partial charge in [-0.15, -0.1) is 0 Å². The fourth-order valence-corrected chi connectivity index (χ4v) is 10.7. The first-order valence-corrected chi connectivity index (χ1v) is 22.6. The monoisotopic (exact) mass is 827 g/mol. The minimum atomic E-state index is -0.441. The molecule has 0 aliphatic heterocycles. The van der Waals surface area contributed by atoms with Crippen molar-refractivity contribution in [1.82, 2.24) is 4.57 Å². The number of para-hydroxylation sites is 1. The van der Waals surface area contributed by atoms with E-state index in [4.69, 9.17) is 0 Å². The Labute approximate surface area is 380 Å². The van der Waals surface area contributed by atoms with Gasteiger partial charge in [-0.3, -0.25) is 0 Å². The van der Waals surface area contributed by atoms with E-state index in [2.05, 4.69) is 265 Å². The zero-order valence-corrected chi connectivity index (χ0v) is 36.0. The molecule has 0 unspecified atom stereocenters. The van der Waals surface area contributed by atoms with Crippen molar-refractivity contribution in [2.45, 2.75) is 11.8 Å². The maximum atomic E-state index is 2.48. The van der Waals surface area contributed by atoms with Crippen LogP contribution in [0.15, 0.2) is 255 Å². The predicted molar refractivity (Wildman–Crippen MR) is 273 cm³/mol. The van der Waals surface area contributed by atoms with Crippen molar-refractivity contribution in [3.63, 3.8) is 0 Å². The number of nitrogens with zero attached hydrogens (tertiary/aromatic N) is 1. The lowest BCUT2D eigenvalue weighted by Gasteiger charge is -2.33. The molecule has 0 fully saturated rings. The molecule has 1 heterocycles. The van der Waals surface area contributed by atoms with Crippen LogP contribution in [0.5, 0.6) is 0 Å². The molecule has 10 aromatic carbocycles. The minimum absolute atomic E-state index is 0.441. The number of hydrogen-bond donors (Lipinski definition) is 0. The fraction of sp³-hybridized carbons (Fsp3) is 0.0312. The van der Waals surface area contributed by atoms with Crippen LogP contribution in [0.2, 0.25) is 0 Å². The molecule has 1 aromatic heterocycles.